The molecule has 5 fully saturated rings. The number of rotatable bonds is 21. The second-order valence-electron chi connectivity index (χ2n) is 22.3. The zero-order valence-corrected chi connectivity index (χ0v) is 43.4. The number of aliphatic hydroxyl groups is 2. The molecule has 16 heteroatoms. The van der Waals surface area contributed by atoms with Crippen LogP contribution in [0.4, 0.5) is 23.5 Å². The average molecular weight is 973 g/mol. The van der Waals surface area contributed by atoms with Crippen LogP contribution in [0, 0.1) is 17.8 Å². The largest absolute Gasteiger partial charge is 0.393 e. The Bertz CT molecular complexity index is 2250. The first-order chi connectivity index (χ1) is 34.5. The summed E-state index contributed by atoms with van der Waals surface area (Å²) < 4.78 is 0. The predicted octanol–water partition coefficient (Wildman–Crippen LogP) is 7.45. The van der Waals surface area contributed by atoms with Gasteiger partial charge < -0.3 is 41.3 Å². The van der Waals surface area contributed by atoms with Crippen LogP contribution in [0.2, 0.25) is 0 Å². The van der Waals surface area contributed by atoms with Gasteiger partial charge in [0.15, 0.2) is 0 Å². The highest BCUT2D eigenvalue weighted by Gasteiger charge is 2.39. The highest BCUT2D eigenvalue weighted by Crippen LogP contribution is 2.43. The van der Waals surface area contributed by atoms with Gasteiger partial charge in [0.25, 0.3) is 0 Å². The van der Waals surface area contributed by atoms with E-state index in [1.807, 2.05) is 24.8 Å². The normalized spacial score (nSPS) is 25.7. The van der Waals surface area contributed by atoms with Gasteiger partial charge >= 0.3 is 0 Å². The molecule has 2 aliphatic heterocycles. The second-order valence-corrected chi connectivity index (χ2v) is 22.3. The van der Waals surface area contributed by atoms with Crippen LogP contribution in [0.15, 0.2) is 49.1 Å². The first kappa shape index (κ1) is 51.3. The van der Waals surface area contributed by atoms with Crippen LogP contribution in [-0.2, 0) is 13.1 Å². The van der Waals surface area contributed by atoms with Gasteiger partial charge in [0.1, 0.15) is 11.6 Å². The van der Waals surface area contributed by atoms with Gasteiger partial charge in [-0.25, -0.2) is 9.97 Å². The number of likely N-dealkylation sites (N-methyl/N-ethyl adjacent to an activating group) is 1. The molecule has 0 radical (unpaired) electrons. The minimum absolute atomic E-state index is 0.207. The summed E-state index contributed by atoms with van der Waals surface area (Å²) in [6.45, 7) is 20.6. The lowest BCUT2D eigenvalue weighted by atomic mass is 9.93. The van der Waals surface area contributed by atoms with E-state index in [1.54, 1.807) is 0 Å². The van der Waals surface area contributed by atoms with Crippen molar-refractivity contribution in [3.05, 3.63) is 60.2 Å². The molecule has 0 amide bonds. The molecule has 4 aromatic rings. The van der Waals surface area contributed by atoms with Crippen molar-refractivity contribution >= 4 is 23.5 Å². The fraction of sp³-hybridized carbons (Fsp3) is 0.673. The molecule has 16 nitrogen and oxygen atoms in total. The Hall–Kier alpha value is -4.58. The molecule has 4 aromatic heterocycles. The molecule has 71 heavy (non-hydrogen) atoms. The number of hydrogen-bond acceptors (Lipinski definition) is 16. The fourth-order valence-electron chi connectivity index (χ4n) is 11.3. The number of nitrogens with one attached hydrogen (secondary N) is 4. The Morgan fingerprint density at radius 1 is 0.592 bits per heavy atom. The third kappa shape index (κ3) is 14.6. The minimum Gasteiger partial charge on any atom is -0.393 e. The van der Waals surface area contributed by atoms with Crippen LogP contribution < -0.4 is 21.3 Å². The first-order valence-corrected chi connectivity index (χ1v) is 27.4. The van der Waals surface area contributed by atoms with Gasteiger partial charge in [-0.2, -0.15) is 9.97 Å². The molecule has 0 spiro atoms. The van der Waals surface area contributed by atoms with Gasteiger partial charge in [-0.3, -0.25) is 19.8 Å². The highest BCUT2D eigenvalue weighted by molar-refractivity contribution is 5.74. The Labute approximate surface area is 423 Å². The molecule has 3 aliphatic carbocycles. The fourth-order valence-corrected chi connectivity index (χ4v) is 11.3. The maximum absolute atomic E-state index is 10.2. The van der Waals surface area contributed by atoms with Crippen molar-refractivity contribution in [1.82, 2.24) is 49.5 Å². The van der Waals surface area contributed by atoms with Crippen molar-refractivity contribution in [2.75, 3.05) is 87.2 Å². The van der Waals surface area contributed by atoms with E-state index in [0.29, 0.717) is 29.8 Å². The van der Waals surface area contributed by atoms with E-state index in [-0.39, 0.29) is 30.3 Å². The molecule has 9 rings (SSSR count). The minimum atomic E-state index is -0.209. The van der Waals surface area contributed by atoms with Crippen molar-refractivity contribution in [2.45, 2.75) is 154 Å². The van der Waals surface area contributed by atoms with Crippen molar-refractivity contribution in [3.8, 4) is 22.5 Å². The van der Waals surface area contributed by atoms with Crippen molar-refractivity contribution in [1.29, 1.82) is 0 Å². The number of aliphatic hydroxyl groups excluding tert-OH is 2. The van der Waals surface area contributed by atoms with E-state index >= 15 is 0 Å². The number of aromatic nitrogens is 6. The number of anilines is 4. The maximum Gasteiger partial charge on any atom is 0.224 e. The smallest absolute Gasteiger partial charge is 0.224 e. The Balaban J connectivity index is 0.743. The van der Waals surface area contributed by atoms with Crippen LogP contribution in [0.5, 0.6) is 0 Å². The van der Waals surface area contributed by atoms with Gasteiger partial charge in [0, 0.05) is 121 Å². The lowest BCUT2D eigenvalue weighted by Crippen LogP contribution is -2.46. The summed E-state index contributed by atoms with van der Waals surface area (Å²) in [6, 6.07) is 9.73. The van der Waals surface area contributed by atoms with E-state index in [2.05, 4.69) is 99.9 Å². The summed E-state index contributed by atoms with van der Waals surface area (Å²) in [4.78, 5) is 39.7. The average Bonchev–Trinajstić information content (AvgIpc) is 4.10. The highest BCUT2D eigenvalue weighted by atomic mass is 16.3. The SMILES string of the molecule is CCCC(Nc1ncc(-c2ccc(CN3CCN(CC4CC4CC(C)Nc4ncc(-c5ccc(CN6CCN(C)CC6)cn5)c(NC5CCC(O)CC5)n4)CC3)cn2)c(NC2CCC(O)CC2)n1)C(C)C. The standard InChI is InChI=1S/C55H84N14O2/c1-6-7-49(37(2)3)63-55-59-33-48(53(65-55)62-44-12-16-46(71)17-13-44)51-19-9-40(31-57-51)35-68-24-26-69(27-25-68)36-42-29-41(42)28-38(4)60-54-58-32-47(52(64-54)61-43-10-14-45(70)15-11-43)50-18-8-39(30-56-50)34-67-22-20-66(5)21-23-67/h8-9,18-19,30-33,37-38,41-46,49,70-71H,6-7,10-17,20-29,34-36H2,1-5H3,(H2,58,60,61,64)(H2,59,62,63,65). The molecule has 386 valence electrons. The molecule has 2 saturated heterocycles. The van der Waals surface area contributed by atoms with Crippen molar-refractivity contribution in [3.63, 3.8) is 0 Å². The van der Waals surface area contributed by atoms with Crippen LogP contribution in [0.3, 0.4) is 0 Å². The lowest BCUT2D eigenvalue weighted by molar-refractivity contribution is 0.121. The maximum atomic E-state index is 10.2. The molecule has 4 atom stereocenters. The van der Waals surface area contributed by atoms with E-state index in [0.717, 1.165) is 176 Å². The van der Waals surface area contributed by atoms with Crippen molar-refractivity contribution in [2.24, 2.45) is 17.8 Å². The number of nitrogens with zero attached hydrogens (tertiary/aromatic N) is 10. The summed E-state index contributed by atoms with van der Waals surface area (Å²) >= 11 is 0. The predicted molar refractivity (Wildman–Crippen MR) is 285 cm³/mol. The van der Waals surface area contributed by atoms with Crippen molar-refractivity contribution < 1.29 is 10.2 Å². The molecule has 5 aliphatic rings. The quantitative estimate of drug-likeness (QED) is 0.0485. The van der Waals surface area contributed by atoms with E-state index in [1.165, 1.54) is 24.1 Å². The Morgan fingerprint density at radius 2 is 1.08 bits per heavy atom. The van der Waals surface area contributed by atoms with Crippen LogP contribution in [0.1, 0.15) is 116 Å². The summed E-state index contributed by atoms with van der Waals surface area (Å²) in [6.07, 6.45) is 18.9. The summed E-state index contributed by atoms with van der Waals surface area (Å²) in [7, 11) is 2.19. The summed E-state index contributed by atoms with van der Waals surface area (Å²) in [5.74, 6) is 4.86. The number of piperazine rings is 2. The summed E-state index contributed by atoms with van der Waals surface area (Å²) in [5.41, 5.74) is 6.02. The van der Waals surface area contributed by atoms with Crippen LogP contribution in [0.25, 0.3) is 22.5 Å². The van der Waals surface area contributed by atoms with Crippen LogP contribution >= 0.6 is 0 Å². The molecule has 3 saturated carbocycles. The van der Waals surface area contributed by atoms with E-state index in [4.69, 9.17) is 29.9 Å². The van der Waals surface area contributed by atoms with Gasteiger partial charge in [0.2, 0.25) is 11.9 Å². The van der Waals surface area contributed by atoms with Gasteiger partial charge in [0.05, 0.1) is 34.7 Å². The number of pyridine rings is 2. The van der Waals surface area contributed by atoms with Gasteiger partial charge in [-0.1, -0.05) is 39.3 Å². The van der Waals surface area contributed by atoms with E-state index in [9.17, 15) is 10.2 Å². The monoisotopic (exact) mass is 973 g/mol. The molecule has 0 bridgehead atoms. The topological polar surface area (TPSA) is 179 Å². The Kier molecular flexibility index (Phi) is 17.7. The molecule has 4 unspecified atom stereocenters. The second kappa shape index (κ2) is 24.4. The zero-order chi connectivity index (χ0) is 49.3. The molecule has 0 aromatic carbocycles. The molecule has 6 heterocycles. The summed E-state index contributed by atoms with van der Waals surface area (Å²) in [5, 5.41) is 35.1. The zero-order valence-electron chi connectivity index (χ0n) is 43.4. The van der Waals surface area contributed by atoms with E-state index < -0.39 is 0 Å². The molecular formula is C55H84N14O2. The van der Waals surface area contributed by atoms with Gasteiger partial charge in [-0.05, 0) is 126 Å². The first-order valence-electron chi connectivity index (χ1n) is 27.4. The van der Waals surface area contributed by atoms with Crippen LogP contribution in [-0.4, -0.2) is 162 Å². The number of hydrogen-bond donors (Lipinski definition) is 6. The lowest BCUT2D eigenvalue weighted by Gasteiger charge is -2.34. The molecular weight excluding hydrogens is 889 g/mol. The van der Waals surface area contributed by atoms with Gasteiger partial charge in [-0.15, -0.1) is 0 Å². The third-order valence-corrected chi connectivity index (χ3v) is 16.0. The molecule has 6 N–H and O–H groups in total. The third-order valence-electron chi connectivity index (χ3n) is 16.0. The Morgan fingerprint density at radius 3 is 1.56 bits per heavy atom.